The molecule has 3 nitrogen and oxygen atoms in total. The zero-order valence-electron chi connectivity index (χ0n) is 6.67. The minimum absolute atomic E-state index is 0.0544. The molecule has 1 rings (SSSR count). The number of hydrogen-bond donors (Lipinski definition) is 2. The van der Waals surface area contributed by atoms with Gasteiger partial charge in [-0.05, 0) is 44.6 Å². The predicted octanol–water partition coefficient (Wildman–Crippen LogP) is 2.31. The van der Waals surface area contributed by atoms with Crippen molar-refractivity contribution in [1.82, 2.24) is 0 Å². The second kappa shape index (κ2) is 4.54. The zero-order valence-corrected chi connectivity index (χ0v) is 10.4. The Kier molecular flexibility index (Phi) is 3.85. The van der Waals surface area contributed by atoms with E-state index in [9.17, 15) is 14.3 Å². The maximum absolute atomic E-state index is 13.3. The van der Waals surface area contributed by atoms with E-state index >= 15 is 0 Å². The summed E-state index contributed by atoms with van der Waals surface area (Å²) in [7, 11) is 0. The summed E-state index contributed by atoms with van der Waals surface area (Å²) >= 11 is 4.61. The Balaban J connectivity index is 3.24. The van der Waals surface area contributed by atoms with Crippen molar-refractivity contribution >= 4 is 44.5 Å². The van der Waals surface area contributed by atoms with E-state index in [1.165, 1.54) is 12.1 Å². The Morgan fingerprint density at radius 2 is 2.14 bits per heavy atom. The van der Waals surface area contributed by atoms with Crippen LogP contribution in [0.3, 0.4) is 0 Å². The summed E-state index contributed by atoms with van der Waals surface area (Å²) in [5.41, 5.74) is 0.0544. The van der Waals surface area contributed by atoms with E-state index in [0.717, 1.165) is 0 Å². The number of carboxylic acids is 1. The third kappa shape index (κ3) is 2.23. The molecule has 0 bridgehead atoms. The van der Waals surface area contributed by atoms with Crippen molar-refractivity contribution < 1.29 is 19.4 Å². The van der Waals surface area contributed by atoms with Crippen LogP contribution in [0.25, 0.3) is 0 Å². The van der Waals surface area contributed by atoms with E-state index < -0.39 is 17.9 Å². The van der Waals surface area contributed by atoms with Gasteiger partial charge in [0.1, 0.15) is 0 Å². The molecule has 14 heavy (non-hydrogen) atoms. The molecule has 2 N–H and O–H groups in total. The smallest absolute Gasteiger partial charge is 0.337 e. The van der Waals surface area contributed by atoms with Crippen LogP contribution in [-0.2, 0) is 4.79 Å². The number of carbonyl (C=O) groups is 1. The number of rotatable bonds is 2. The Morgan fingerprint density at radius 1 is 1.57 bits per heavy atom. The van der Waals surface area contributed by atoms with Gasteiger partial charge in [0.2, 0.25) is 0 Å². The highest BCUT2D eigenvalue weighted by atomic mass is 127. The van der Waals surface area contributed by atoms with Gasteiger partial charge in [0, 0.05) is 5.56 Å². The van der Waals surface area contributed by atoms with Gasteiger partial charge in [-0.2, -0.15) is 0 Å². The van der Waals surface area contributed by atoms with Gasteiger partial charge in [-0.3, -0.25) is 0 Å². The van der Waals surface area contributed by atoms with E-state index in [-0.39, 0.29) is 13.6 Å². The quantitative estimate of drug-likeness (QED) is 0.617. The molecule has 1 atom stereocenters. The molecule has 6 heteroatoms. The van der Waals surface area contributed by atoms with Crippen molar-refractivity contribution in [2.45, 2.75) is 6.10 Å². The topological polar surface area (TPSA) is 57.5 Å². The molecule has 0 aliphatic rings. The fourth-order valence-corrected chi connectivity index (χ4v) is 2.35. The van der Waals surface area contributed by atoms with Gasteiger partial charge in [0.25, 0.3) is 0 Å². The third-order valence-corrected chi connectivity index (χ3v) is 3.30. The highest BCUT2D eigenvalue weighted by Gasteiger charge is 2.21. The van der Waals surface area contributed by atoms with Crippen LogP contribution in [0, 0.1) is 9.39 Å². The molecule has 0 saturated carbocycles. The summed E-state index contributed by atoms with van der Waals surface area (Å²) in [4.78, 5) is 10.5. The summed E-state index contributed by atoms with van der Waals surface area (Å²) in [5, 5.41) is 17.7. The van der Waals surface area contributed by atoms with Crippen LogP contribution < -0.4 is 0 Å². The standard InChI is InChI=1S/C8H5BrFIO3/c9-4-2-1-3(6(11)5(4)10)7(12)8(13)14/h1-2,7,12H,(H,13,14). The first-order chi connectivity index (χ1) is 6.45. The molecule has 0 aromatic heterocycles. The molecule has 76 valence electrons. The van der Waals surface area contributed by atoms with Crippen molar-refractivity contribution in [2.75, 3.05) is 0 Å². The fourth-order valence-electron chi connectivity index (χ4n) is 0.885. The molecule has 0 aliphatic heterocycles. The molecule has 0 fully saturated rings. The number of aliphatic hydroxyl groups is 1. The van der Waals surface area contributed by atoms with Crippen LogP contribution in [0.15, 0.2) is 16.6 Å². The van der Waals surface area contributed by atoms with Crippen molar-refractivity contribution in [3.05, 3.63) is 31.6 Å². The summed E-state index contributed by atoms with van der Waals surface area (Å²) in [6, 6.07) is 2.73. The Hall–Kier alpha value is -0.210. The number of benzene rings is 1. The normalized spacial score (nSPS) is 12.6. The van der Waals surface area contributed by atoms with Gasteiger partial charge >= 0.3 is 5.97 Å². The molecule has 0 heterocycles. The van der Waals surface area contributed by atoms with Crippen molar-refractivity contribution in [3.8, 4) is 0 Å². The first kappa shape index (κ1) is 11.9. The summed E-state index contributed by atoms with van der Waals surface area (Å²) < 4.78 is 13.6. The van der Waals surface area contributed by atoms with Gasteiger partial charge in [-0.15, -0.1) is 0 Å². The van der Waals surface area contributed by atoms with Gasteiger partial charge in [0.05, 0.1) is 8.04 Å². The number of hydrogen-bond acceptors (Lipinski definition) is 2. The third-order valence-electron chi connectivity index (χ3n) is 1.59. The molecular formula is C8H5BrFIO3. The van der Waals surface area contributed by atoms with E-state index in [4.69, 9.17) is 5.11 Å². The van der Waals surface area contributed by atoms with Gasteiger partial charge in [0.15, 0.2) is 11.9 Å². The molecule has 0 aliphatic carbocycles. The first-order valence-corrected chi connectivity index (χ1v) is 5.36. The molecule has 1 aromatic rings. The van der Waals surface area contributed by atoms with E-state index in [1.54, 1.807) is 22.6 Å². The first-order valence-electron chi connectivity index (χ1n) is 3.49. The van der Waals surface area contributed by atoms with E-state index in [0.29, 0.717) is 0 Å². The minimum Gasteiger partial charge on any atom is -0.479 e. The maximum atomic E-state index is 13.3. The lowest BCUT2D eigenvalue weighted by molar-refractivity contribution is -0.147. The zero-order chi connectivity index (χ0) is 10.9. The Morgan fingerprint density at radius 3 is 2.64 bits per heavy atom. The van der Waals surface area contributed by atoms with Gasteiger partial charge in [-0.25, -0.2) is 9.18 Å². The minimum atomic E-state index is -1.69. The van der Waals surface area contributed by atoms with Crippen LogP contribution in [0.1, 0.15) is 11.7 Å². The fraction of sp³-hybridized carbons (Fsp3) is 0.125. The SMILES string of the molecule is O=C(O)C(O)c1ccc(Br)c(F)c1I. The van der Waals surface area contributed by atoms with Crippen molar-refractivity contribution in [2.24, 2.45) is 0 Å². The van der Waals surface area contributed by atoms with E-state index in [1.807, 2.05) is 0 Å². The highest BCUT2D eigenvalue weighted by molar-refractivity contribution is 14.1. The van der Waals surface area contributed by atoms with Gasteiger partial charge in [-0.1, -0.05) is 6.07 Å². The number of carboxylic acid groups (broad SMARTS) is 1. The van der Waals surface area contributed by atoms with Crippen LogP contribution in [0.4, 0.5) is 4.39 Å². The van der Waals surface area contributed by atoms with Gasteiger partial charge < -0.3 is 10.2 Å². The lowest BCUT2D eigenvalue weighted by Gasteiger charge is -2.09. The van der Waals surface area contributed by atoms with Crippen LogP contribution in [-0.4, -0.2) is 16.2 Å². The number of halogens is 3. The maximum Gasteiger partial charge on any atom is 0.337 e. The molecule has 1 unspecified atom stereocenters. The monoisotopic (exact) mass is 374 g/mol. The summed E-state index contributed by atoms with van der Waals surface area (Å²) in [6.07, 6.45) is -1.69. The molecule has 1 aromatic carbocycles. The average Bonchev–Trinajstić information content (AvgIpc) is 2.13. The number of aliphatic carboxylic acids is 1. The molecule has 0 saturated heterocycles. The van der Waals surface area contributed by atoms with Crippen LogP contribution in [0.2, 0.25) is 0 Å². The van der Waals surface area contributed by atoms with Crippen LogP contribution in [0.5, 0.6) is 0 Å². The predicted molar refractivity (Wildman–Crippen MR) is 59.4 cm³/mol. The second-order valence-electron chi connectivity index (χ2n) is 2.51. The summed E-state index contributed by atoms with van der Waals surface area (Å²) in [5.74, 6) is -1.96. The molecule has 0 amide bonds. The highest BCUT2D eigenvalue weighted by Crippen LogP contribution is 2.27. The molecular weight excluding hydrogens is 370 g/mol. The summed E-state index contributed by atoms with van der Waals surface area (Å²) in [6.45, 7) is 0. The number of aliphatic hydroxyl groups excluding tert-OH is 1. The van der Waals surface area contributed by atoms with E-state index in [2.05, 4.69) is 15.9 Å². The molecule has 0 radical (unpaired) electrons. The molecule has 0 spiro atoms. The van der Waals surface area contributed by atoms with Crippen molar-refractivity contribution in [3.63, 3.8) is 0 Å². The average molecular weight is 375 g/mol. The Bertz CT molecular complexity index is 383. The lowest BCUT2D eigenvalue weighted by Crippen LogP contribution is -2.12. The lowest BCUT2D eigenvalue weighted by atomic mass is 10.1. The largest absolute Gasteiger partial charge is 0.479 e. The van der Waals surface area contributed by atoms with Crippen LogP contribution >= 0.6 is 38.5 Å². The Labute approximate surface area is 101 Å². The second-order valence-corrected chi connectivity index (χ2v) is 4.44. The van der Waals surface area contributed by atoms with Crippen molar-refractivity contribution in [1.29, 1.82) is 0 Å².